The molecule has 0 heterocycles. The molecule has 0 saturated heterocycles. The standard InChI is InChI=1S/C13H19NOS/c1-9(7-15)8-16-12-6-10-4-2-3-5-11(10)13(12)14/h2-5,9,12-13,15H,6-8,14H2,1H3. The summed E-state index contributed by atoms with van der Waals surface area (Å²) in [6.07, 6.45) is 1.07. The fourth-order valence-electron chi connectivity index (χ4n) is 2.09. The van der Waals surface area contributed by atoms with Crippen LogP contribution in [0.5, 0.6) is 0 Å². The Bertz CT molecular complexity index is 356. The lowest BCUT2D eigenvalue weighted by atomic mass is 10.1. The van der Waals surface area contributed by atoms with Crippen LogP contribution in [0.1, 0.15) is 24.1 Å². The van der Waals surface area contributed by atoms with Gasteiger partial charge in [0.05, 0.1) is 0 Å². The first-order chi connectivity index (χ1) is 7.72. The van der Waals surface area contributed by atoms with Crippen LogP contribution in [0.2, 0.25) is 0 Å². The van der Waals surface area contributed by atoms with Crippen molar-refractivity contribution in [2.24, 2.45) is 11.7 Å². The fraction of sp³-hybridized carbons (Fsp3) is 0.538. The predicted molar refractivity (Wildman–Crippen MR) is 69.6 cm³/mol. The van der Waals surface area contributed by atoms with Gasteiger partial charge in [0.1, 0.15) is 0 Å². The number of rotatable bonds is 4. The average molecular weight is 237 g/mol. The van der Waals surface area contributed by atoms with Crippen LogP contribution < -0.4 is 5.73 Å². The molecule has 0 aliphatic heterocycles. The minimum atomic E-state index is 0.159. The fourth-order valence-corrected chi connectivity index (χ4v) is 3.42. The molecule has 0 amide bonds. The molecule has 88 valence electrons. The summed E-state index contributed by atoms with van der Waals surface area (Å²) < 4.78 is 0. The van der Waals surface area contributed by atoms with Crippen molar-refractivity contribution in [2.75, 3.05) is 12.4 Å². The quantitative estimate of drug-likeness (QED) is 0.841. The molecule has 0 spiro atoms. The number of fused-ring (bicyclic) bond motifs is 1. The van der Waals surface area contributed by atoms with Crippen molar-refractivity contribution in [1.29, 1.82) is 0 Å². The molecule has 0 saturated carbocycles. The molecule has 1 aromatic rings. The summed E-state index contributed by atoms with van der Waals surface area (Å²) >= 11 is 1.90. The van der Waals surface area contributed by atoms with E-state index in [4.69, 9.17) is 10.8 Å². The molecule has 0 radical (unpaired) electrons. The van der Waals surface area contributed by atoms with Gasteiger partial charge in [0.2, 0.25) is 0 Å². The van der Waals surface area contributed by atoms with Gasteiger partial charge in [-0.2, -0.15) is 11.8 Å². The van der Waals surface area contributed by atoms with Crippen molar-refractivity contribution >= 4 is 11.8 Å². The zero-order valence-corrected chi connectivity index (χ0v) is 10.4. The van der Waals surface area contributed by atoms with Crippen LogP contribution in [-0.4, -0.2) is 22.7 Å². The van der Waals surface area contributed by atoms with Crippen LogP contribution >= 0.6 is 11.8 Å². The number of hydrogen-bond acceptors (Lipinski definition) is 3. The van der Waals surface area contributed by atoms with E-state index in [1.54, 1.807) is 0 Å². The maximum atomic E-state index is 9.00. The van der Waals surface area contributed by atoms with E-state index in [-0.39, 0.29) is 12.6 Å². The number of aliphatic hydroxyl groups excluding tert-OH is 1. The first-order valence-corrected chi connectivity index (χ1v) is 6.83. The Balaban J connectivity index is 1.96. The Hall–Kier alpha value is -0.510. The second kappa shape index (κ2) is 5.21. The number of hydrogen-bond donors (Lipinski definition) is 2. The molecule has 3 N–H and O–H groups in total. The smallest absolute Gasteiger partial charge is 0.0464 e. The Kier molecular flexibility index (Phi) is 3.90. The second-order valence-electron chi connectivity index (χ2n) is 4.59. The molecule has 1 aromatic carbocycles. The lowest BCUT2D eigenvalue weighted by molar-refractivity contribution is 0.250. The van der Waals surface area contributed by atoms with Crippen LogP contribution in [0.25, 0.3) is 0 Å². The highest BCUT2D eigenvalue weighted by Gasteiger charge is 2.29. The summed E-state index contributed by atoms with van der Waals surface area (Å²) in [5, 5.41) is 9.48. The minimum absolute atomic E-state index is 0.159. The van der Waals surface area contributed by atoms with E-state index in [1.165, 1.54) is 11.1 Å². The summed E-state index contributed by atoms with van der Waals surface area (Å²) in [6, 6.07) is 8.60. The first kappa shape index (κ1) is 12.0. The molecule has 3 unspecified atom stereocenters. The third kappa shape index (κ3) is 2.42. The van der Waals surface area contributed by atoms with Crippen LogP contribution in [0.4, 0.5) is 0 Å². The highest BCUT2D eigenvalue weighted by Crippen LogP contribution is 2.37. The molecule has 2 rings (SSSR count). The minimum Gasteiger partial charge on any atom is -0.396 e. The van der Waals surface area contributed by atoms with E-state index in [0.717, 1.165) is 12.2 Å². The van der Waals surface area contributed by atoms with Gasteiger partial charge < -0.3 is 10.8 Å². The molecule has 1 aliphatic carbocycles. The Morgan fingerprint density at radius 1 is 1.50 bits per heavy atom. The van der Waals surface area contributed by atoms with E-state index in [2.05, 4.69) is 31.2 Å². The SMILES string of the molecule is CC(CO)CSC1Cc2ccccc2C1N. The molecule has 2 nitrogen and oxygen atoms in total. The monoisotopic (exact) mass is 237 g/mol. The number of thioether (sulfide) groups is 1. The van der Waals surface area contributed by atoms with E-state index in [9.17, 15) is 0 Å². The number of nitrogens with two attached hydrogens (primary N) is 1. The van der Waals surface area contributed by atoms with Gasteiger partial charge >= 0.3 is 0 Å². The highest BCUT2D eigenvalue weighted by molar-refractivity contribution is 7.99. The van der Waals surface area contributed by atoms with Crippen molar-refractivity contribution in [1.82, 2.24) is 0 Å². The summed E-state index contributed by atoms with van der Waals surface area (Å²) in [6.45, 7) is 2.34. The zero-order valence-electron chi connectivity index (χ0n) is 9.60. The van der Waals surface area contributed by atoms with Crippen LogP contribution in [-0.2, 0) is 6.42 Å². The van der Waals surface area contributed by atoms with Crippen LogP contribution in [0, 0.1) is 5.92 Å². The van der Waals surface area contributed by atoms with Crippen LogP contribution in [0.15, 0.2) is 24.3 Å². The average Bonchev–Trinajstić information content (AvgIpc) is 2.64. The topological polar surface area (TPSA) is 46.2 Å². The van der Waals surface area contributed by atoms with Gasteiger partial charge in [-0.25, -0.2) is 0 Å². The lowest BCUT2D eigenvalue weighted by Crippen LogP contribution is -2.20. The Morgan fingerprint density at radius 2 is 2.25 bits per heavy atom. The van der Waals surface area contributed by atoms with Gasteiger partial charge in [0.15, 0.2) is 0 Å². The van der Waals surface area contributed by atoms with Gasteiger partial charge in [-0.3, -0.25) is 0 Å². The molecular formula is C13H19NOS. The second-order valence-corrected chi connectivity index (χ2v) is 5.86. The van der Waals surface area contributed by atoms with E-state index < -0.39 is 0 Å². The highest BCUT2D eigenvalue weighted by atomic mass is 32.2. The van der Waals surface area contributed by atoms with E-state index in [0.29, 0.717) is 11.2 Å². The van der Waals surface area contributed by atoms with Gasteiger partial charge in [0, 0.05) is 17.9 Å². The molecule has 1 aliphatic rings. The molecule has 0 fully saturated rings. The molecule has 3 heteroatoms. The van der Waals surface area contributed by atoms with Gasteiger partial charge in [-0.15, -0.1) is 0 Å². The Labute approximate surface area is 101 Å². The van der Waals surface area contributed by atoms with Crippen molar-refractivity contribution in [3.63, 3.8) is 0 Å². The summed E-state index contributed by atoms with van der Waals surface area (Å²) in [5.74, 6) is 1.35. The summed E-state index contributed by atoms with van der Waals surface area (Å²) in [7, 11) is 0. The van der Waals surface area contributed by atoms with Crippen molar-refractivity contribution in [2.45, 2.75) is 24.6 Å². The van der Waals surface area contributed by atoms with E-state index >= 15 is 0 Å². The van der Waals surface area contributed by atoms with E-state index in [1.807, 2.05) is 11.8 Å². The van der Waals surface area contributed by atoms with Crippen molar-refractivity contribution in [3.05, 3.63) is 35.4 Å². The van der Waals surface area contributed by atoms with Crippen molar-refractivity contribution < 1.29 is 5.11 Å². The third-order valence-corrected chi connectivity index (χ3v) is 4.79. The number of aliphatic hydroxyl groups is 1. The predicted octanol–water partition coefficient (Wildman–Crippen LogP) is 1.97. The third-order valence-electron chi connectivity index (χ3n) is 3.14. The van der Waals surface area contributed by atoms with Crippen molar-refractivity contribution in [3.8, 4) is 0 Å². The van der Waals surface area contributed by atoms with Gasteiger partial charge in [0.25, 0.3) is 0 Å². The summed E-state index contributed by atoms with van der Waals surface area (Å²) in [5.41, 5.74) is 8.93. The lowest BCUT2D eigenvalue weighted by Gasteiger charge is -2.17. The molecule has 3 atom stereocenters. The normalized spacial score (nSPS) is 25.4. The molecule has 16 heavy (non-hydrogen) atoms. The zero-order chi connectivity index (χ0) is 11.5. The maximum Gasteiger partial charge on any atom is 0.0464 e. The first-order valence-electron chi connectivity index (χ1n) is 5.78. The summed E-state index contributed by atoms with van der Waals surface area (Å²) in [4.78, 5) is 0. The van der Waals surface area contributed by atoms with Gasteiger partial charge in [-0.05, 0) is 29.2 Å². The molecule has 0 bridgehead atoms. The maximum absolute atomic E-state index is 9.00. The van der Waals surface area contributed by atoms with Crippen LogP contribution in [0.3, 0.4) is 0 Å². The Morgan fingerprint density at radius 3 is 2.94 bits per heavy atom. The van der Waals surface area contributed by atoms with Gasteiger partial charge in [-0.1, -0.05) is 31.2 Å². The molecular weight excluding hydrogens is 218 g/mol. The largest absolute Gasteiger partial charge is 0.396 e. The molecule has 0 aromatic heterocycles. The number of benzene rings is 1.